The summed E-state index contributed by atoms with van der Waals surface area (Å²) in [7, 11) is 0. The average Bonchev–Trinajstić information content (AvgIpc) is 2.10. The Kier molecular flexibility index (Phi) is 7.20. The first-order valence-corrected chi connectivity index (χ1v) is 5.27. The largest absolute Gasteiger partial charge is 0.447 e. The molecule has 0 fully saturated rings. The van der Waals surface area contributed by atoms with E-state index in [-0.39, 0.29) is 18.2 Å². The van der Waals surface area contributed by atoms with Crippen molar-refractivity contribution in [3.8, 4) is 0 Å². The second kappa shape index (κ2) is 7.62. The van der Waals surface area contributed by atoms with Gasteiger partial charge in [-0.25, -0.2) is 4.79 Å². The number of nitrogens with one attached hydrogen (secondary N) is 1. The molecule has 0 rings (SSSR count). The van der Waals surface area contributed by atoms with E-state index in [1.807, 2.05) is 13.8 Å². The van der Waals surface area contributed by atoms with Crippen molar-refractivity contribution in [2.24, 2.45) is 5.73 Å². The summed E-state index contributed by atoms with van der Waals surface area (Å²) in [6.45, 7) is 6.22. The molecule has 0 radical (unpaired) electrons. The van der Waals surface area contributed by atoms with E-state index < -0.39 is 0 Å². The molecule has 0 aliphatic rings. The maximum Gasteiger partial charge on any atom is 0.407 e. The Morgan fingerprint density at radius 3 is 2.57 bits per heavy atom. The summed E-state index contributed by atoms with van der Waals surface area (Å²) >= 11 is 0. The molecule has 0 heterocycles. The Morgan fingerprint density at radius 1 is 1.50 bits per heavy atom. The van der Waals surface area contributed by atoms with Crippen LogP contribution >= 0.6 is 0 Å². The molecule has 84 valence electrons. The van der Waals surface area contributed by atoms with Gasteiger partial charge >= 0.3 is 6.09 Å². The van der Waals surface area contributed by atoms with Crippen molar-refractivity contribution in [2.45, 2.75) is 52.2 Å². The molecule has 0 saturated carbocycles. The molecule has 14 heavy (non-hydrogen) atoms. The van der Waals surface area contributed by atoms with Crippen LogP contribution in [0.5, 0.6) is 0 Å². The lowest BCUT2D eigenvalue weighted by atomic mass is 10.1. The number of nitrogens with two attached hydrogens (primary N) is 1. The summed E-state index contributed by atoms with van der Waals surface area (Å²) in [5, 5.41) is 2.75. The van der Waals surface area contributed by atoms with Crippen LogP contribution in [-0.2, 0) is 4.74 Å². The molecule has 4 nitrogen and oxygen atoms in total. The number of carbonyl (C=O) groups is 1. The van der Waals surface area contributed by atoms with Crippen molar-refractivity contribution >= 4 is 6.09 Å². The molecule has 0 aliphatic heterocycles. The Bertz CT molecular complexity index is 160. The topological polar surface area (TPSA) is 64.3 Å². The zero-order chi connectivity index (χ0) is 11.0. The van der Waals surface area contributed by atoms with Gasteiger partial charge in [-0.15, -0.1) is 0 Å². The predicted molar refractivity (Wildman–Crippen MR) is 57.1 cm³/mol. The molecule has 0 spiro atoms. The van der Waals surface area contributed by atoms with E-state index in [0.29, 0.717) is 6.54 Å². The second-order valence-electron chi connectivity index (χ2n) is 3.67. The van der Waals surface area contributed by atoms with Gasteiger partial charge in [-0.05, 0) is 20.3 Å². The molecular weight excluding hydrogens is 180 g/mol. The highest BCUT2D eigenvalue weighted by Gasteiger charge is 2.11. The van der Waals surface area contributed by atoms with Crippen LogP contribution in [0.2, 0.25) is 0 Å². The molecule has 0 aliphatic carbocycles. The summed E-state index contributed by atoms with van der Waals surface area (Å²) in [5.74, 6) is 0. The monoisotopic (exact) mass is 202 g/mol. The number of alkyl carbamates (subject to hydrolysis) is 1. The van der Waals surface area contributed by atoms with Gasteiger partial charge in [-0.3, -0.25) is 0 Å². The van der Waals surface area contributed by atoms with Crippen molar-refractivity contribution in [3.05, 3.63) is 0 Å². The summed E-state index contributed by atoms with van der Waals surface area (Å²) in [4.78, 5) is 11.2. The normalized spacial score (nSPS) is 12.6. The quantitative estimate of drug-likeness (QED) is 0.688. The third kappa shape index (κ3) is 6.71. The number of hydrogen-bond donors (Lipinski definition) is 2. The van der Waals surface area contributed by atoms with Crippen molar-refractivity contribution in [3.63, 3.8) is 0 Å². The first-order valence-electron chi connectivity index (χ1n) is 5.27. The number of ether oxygens (including phenoxy) is 1. The van der Waals surface area contributed by atoms with Gasteiger partial charge in [0.2, 0.25) is 0 Å². The highest BCUT2D eigenvalue weighted by molar-refractivity contribution is 5.67. The lowest BCUT2D eigenvalue weighted by Crippen LogP contribution is -2.41. The van der Waals surface area contributed by atoms with Crippen LogP contribution in [0.15, 0.2) is 0 Å². The van der Waals surface area contributed by atoms with Crippen LogP contribution in [-0.4, -0.2) is 24.8 Å². The van der Waals surface area contributed by atoms with Crippen molar-refractivity contribution in [1.29, 1.82) is 0 Å². The van der Waals surface area contributed by atoms with E-state index in [4.69, 9.17) is 10.5 Å². The van der Waals surface area contributed by atoms with Gasteiger partial charge in [-0.2, -0.15) is 0 Å². The van der Waals surface area contributed by atoms with Crippen LogP contribution in [0.4, 0.5) is 4.79 Å². The average molecular weight is 202 g/mol. The first kappa shape index (κ1) is 13.2. The highest BCUT2D eigenvalue weighted by Crippen LogP contribution is 2.00. The van der Waals surface area contributed by atoms with E-state index in [1.165, 1.54) is 0 Å². The zero-order valence-electron chi connectivity index (χ0n) is 9.38. The SMILES string of the molecule is CCCCC(CN)NC(=O)OC(C)C. The summed E-state index contributed by atoms with van der Waals surface area (Å²) in [6.07, 6.45) is 2.65. The fourth-order valence-corrected chi connectivity index (χ4v) is 1.11. The number of rotatable bonds is 6. The van der Waals surface area contributed by atoms with E-state index in [0.717, 1.165) is 19.3 Å². The minimum absolute atomic E-state index is 0.0428. The summed E-state index contributed by atoms with van der Waals surface area (Å²) in [6, 6.07) is 0.0428. The summed E-state index contributed by atoms with van der Waals surface area (Å²) < 4.78 is 4.96. The molecule has 3 N–H and O–H groups in total. The van der Waals surface area contributed by atoms with Gasteiger partial charge in [0, 0.05) is 12.6 Å². The standard InChI is InChI=1S/C10H22N2O2/c1-4-5-6-9(7-11)12-10(13)14-8(2)3/h8-9H,4-7,11H2,1-3H3,(H,12,13). The maximum absolute atomic E-state index is 11.2. The van der Waals surface area contributed by atoms with Crippen molar-refractivity contribution in [1.82, 2.24) is 5.32 Å². The van der Waals surface area contributed by atoms with Gasteiger partial charge in [-0.1, -0.05) is 19.8 Å². The molecule has 4 heteroatoms. The predicted octanol–water partition coefficient (Wildman–Crippen LogP) is 1.64. The number of unbranched alkanes of at least 4 members (excludes halogenated alkanes) is 1. The van der Waals surface area contributed by atoms with Crippen molar-refractivity contribution in [2.75, 3.05) is 6.54 Å². The van der Waals surface area contributed by atoms with E-state index >= 15 is 0 Å². The molecule has 0 aromatic rings. The molecule has 1 unspecified atom stereocenters. The third-order valence-corrected chi connectivity index (χ3v) is 1.86. The Balaban J connectivity index is 3.74. The lowest BCUT2D eigenvalue weighted by Gasteiger charge is -2.17. The Morgan fingerprint density at radius 2 is 2.14 bits per heavy atom. The molecule has 1 amide bonds. The van der Waals surface area contributed by atoms with E-state index in [1.54, 1.807) is 0 Å². The third-order valence-electron chi connectivity index (χ3n) is 1.86. The Hall–Kier alpha value is -0.770. The van der Waals surface area contributed by atoms with E-state index in [9.17, 15) is 4.79 Å². The number of carbonyl (C=O) groups excluding carboxylic acids is 1. The number of hydrogen-bond acceptors (Lipinski definition) is 3. The van der Waals surface area contributed by atoms with Crippen molar-refractivity contribution < 1.29 is 9.53 Å². The highest BCUT2D eigenvalue weighted by atomic mass is 16.6. The molecule has 0 saturated heterocycles. The minimum atomic E-state index is -0.369. The molecule has 0 aromatic heterocycles. The molecule has 0 bridgehead atoms. The van der Waals surface area contributed by atoms with Gasteiger partial charge in [0.25, 0.3) is 0 Å². The summed E-state index contributed by atoms with van der Waals surface area (Å²) in [5.41, 5.74) is 5.52. The van der Waals surface area contributed by atoms with Gasteiger partial charge in [0.15, 0.2) is 0 Å². The molecular formula is C10H22N2O2. The zero-order valence-corrected chi connectivity index (χ0v) is 9.38. The fraction of sp³-hybridized carbons (Fsp3) is 0.900. The van der Waals surface area contributed by atoms with Gasteiger partial charge in [0.05, 0.1) is 6.10 Å². The molecule has 1 atom stereocenters. The van der Waals surface area contributed by atoms with Crippen LogP contribution in [0.1, 0.15) is 40.0 Å². The first-order chi connectivity index (χ1) is 6.60. The Labute approximate surface area is 86.2 Å². The maximum atomic E-state index is 11.2. The smallest absolute Gasteiger partial charge is 0.407 e. The number of amides is 1. The van der Waals surface area contributed by atoms with Crippen LogP contribution in [0, 0.1) is 0 Å². The van der Waals surface area contributed by atoms with E-state index in [2.05, 4.69) is 12.2 Å². The van der Waals surface area contributed by atoms with Crippen LogP contribution in [0.3, 0.4) is 0 Å². The minimum Gasteiger partial charge on any atom is -0.447 e. The van der Waals surface area contributed by atoms with Gasteiger partial charge < -0.3 is 15.8 Å². The lowest BCUT2D eigenvalue weighted by molar-refractivity contribution is 0.112. The van der Waals surface area contributed by atoms with Gasteiger partial charge in [0.1, 0.15) is 0 Å². The van der Waals surface area contributed by atoms with Crippen LogP contribution < -0.4 is 11.1 Å². The fourth-order valence-electron chi connectivity index (χ4n) is 1.11. The van der Waals surface area contributed by atoms with Crippen LogP contribution in [0.25, 0.3) is 0 Å². The molecule has 0 aromatic carbocycles. The second-order valence-corrected chi connectivity index (χ2v) is 3.67.